The van der Waals surface area contributed by atoms with Gasteiger partial charge in [0.15, 0.2) is 5.96 Å². The molecule has 2 aliphatic heterocycles. The average molecular weight is 400 g/mol. The molecule has 0 radical (unpaired) electrons. The van der Waals surface area contributed by atoms with Crippen molar-refractivity contribution in [1.29, 1.82) is 0 Å². The molecule has 0 aromatic rings. The molecule has 0 unspecified atom stereocenters. The van der Waals surface area contributed by atoms with Crippen molar-refractivity contribution in [1.82, 2.24) is 10.6 Å². The molecule has 0 atom stereocenters. The number of hydrogen-bond acceptors (Lipinski definition) is 5. The summed E-state index contributed by atoms with van der Waals surface area (Å²) in [5, 5.41) is 6.68. The van der Waals surface area contributed by atoms with Crippen LogP contribution >= 0.6 is 0 Å². The number of guanidine groups is 1. The van der Waals surface area contributed by atoms with Crippen molar-refractivity contribution in [2.75, 3.05) is 72.5 Å². The quantitative estimate of drug-likeness (QED) is 0.281. The van der Waals surface area contributed by atoms with E-state index in [1.165, 1.54) is 0 Å². The van der Waals surface area contributed by atoms with E-state index in [1.54, 1.807) is 0 Å². The molecule has 28 heavy (non-hydrogen) atoms. The number of rotatable bonds is 13. The van der Waals surface area contributed by atoms with E-state index in [0.29, 0.717) is 11.8 Å². The molecule has 0 bridgehead atoms. The lowest BCUT2D eigenvalue weighted by atomic mass is 10.0. The molecule has 0 spiro atoms. The number of nitrogens with zero attached hydrogens (tertiary/aromatic N) is 1. The molecule has 2 heterocycles. The summed E-state index contributed by atoms with van der Waals surface area (Å²) in [6.07, 6.45) is 6.47. The highest BCUT2D eigenvalue weighted by molar-refractivity contribution is 5.79. The Morgan fingerprint density at radius 1 is 0.857 bits per heavy atom. The Bertz CT molecular complexity index is 397. The van der Waals surface area contributed by atoms with E-state index in [0.717, 1.165) is 117 Å². The van der Waals surface area contributed by atoms with Gasteiger partial charge >= 0.3 is 0 Å². The van der Waals surface area contributed by atoms with Crippen LogP contribution in [0.3, 0.4) is 0 Å². The van der Waals surface area contributed by atoms with Crippen LogP contribution in [0.5, 0.6) is 0 Å². The zero-order chi connectivity index (χ0) is 19.7. The molecule has 7 nitrogen and oxygen atoms in total. The van der Waals surface area contributed by atoms with Crippen LogP contribution in [0.15, 0.2) is 4.99 Å². The zero-order valence-electron chi connectivity index (χ0n) is 17.8. The molecule has 2 aliphatic rings. The topological polar surface area (TPSA) is 73.3 Å². The summed E-state index contributed by atoms with van der Waals surface area (Å²) in [4.78, 5) is 4.63. The average Bonchev–Trinajstić information content (AvgIpc) is 2.74. The van der Waals surface area contributed by atoms with E-state index < -0.39 is 0 Å². The number of ether oxygens (including phenoxy) is 4. The third kappa shape index (κ3) is 11.2. The van der Waals surface area contributed by atoms with Gasteiger partial charge in [0.25, 0.3) is 0 Å². The SMILES string of the molecule is CCNC(=NCCCOCC1CCOCC1)NCCCOCC1CCOCC1. The van der Waals surface area contributed by atoms with Crippen LogP contribution in [-0.4, -0.2) is 78.4 Å². The highest BCUT2D eigenvalue weighted by Gasteiger charge is 2.14. The van der Waals surface area contributed by atoms with Gasteiger partial charge < -0.3 is 29.6 Å². The van der Waals surface area contributed by atoms with Gasteiger partial charge in [0.1, 0.15) is 0 Å². The van der Waals surface area contributed by atoms with Gasteiger partial charge in [-0.05, 0) is 57.3 Å². The number of nitrogens with one attached hydrogen (secondary N) is 2. The zero-order valence-corrected chi connectivity index (χ0v) is 17.8. The maximum absolute atomic E-state index is 5.81. The predicted octanol–water partition coefficient (Wildman–Crippen LogP) is 2.21. The van der Waals surface area contributed by atoms with Crippen molar-refractivity contribution in [2.24, 2.45) is 16.8 Å². The van der Waals surface area contributed by atoms with Crippen molar-refractivity contribution in [3.8, 4) is 0 Å². The van der Waals surface area contributed by atoms with Crippen LogP contribution < -0.4 is 10.6 Å². The molecule has 0 aromatic heterocycles. The highest BCUT2D eigenvalue weighted by Crippen LogP contribution is 2.15. The van der Waals surface area contributed by atoms with Crippen LogP contribution in [0.1, 0.15) is 45.4 Å². The number of hydrogen-bond donors (Lipinski definition) is 2. The molecule has 2 fully saturated rings. The van der Waals surface area contributed by atoms with Crippen LogP contribution in [0, 0.1) is 11.8 Å². The minimum absolute atomic E-state index is 0.671. The van der Waals surface area contributed by atoms with Crippen LogP contribution in [-0.2, 0) is 18.9 Å². The van der Waals surface area contributed by atoms with Gasteiger partial charge in [-0.3, -0.25) is 4.99 Å². The van der Waals surface area contributed by atoms with Crippen LogP contribution in [0.4, 0.5) is 0 Å². The van der Waals surface area contributed by atoms with Gasteiger partial charge in [0, 0.05) is 72.5 Å². The lowest BCUT2D eigenvalue weighted by Gasteiger charge is -2.21. The van der Waals surface area contributed by atoms with Crippen LogP contribution in [0.25, 0.3) is 0 Å². The first kappa shape index (κ1) is 23.4. The maximum atomic E-state index is 5.81. The summed E-state index contributed by atoms with van der Waals surface area (Å²) in [7, 11) is 0. The van der Waals surface area contributed by atoms with Gasteiger partial charge in [-0.1, -0.05) is 0 Å². The lowest BCUT2D eigenvalue weighted by molar-refractivity contribution is 0.0203. The summed E-state index contributed by atoms with van der Waals surface area (Å²) >= 11 is 0. The Morgan fingerprint density at radius 2 is 1.43 bits per heavy atom. The summed E-state index contributed by atoms with van der Waals surface area (Å²) in [6.45, 7) is 11.5. The van der Waals surface area contributed by atoms with Crippen molar-refractivity contribution < 1.29 is 18.9 Å². The van der Waals surface area contributed by atoms with Gasteiger partial charge in [-0.2, -0.15) is 0 Å². The Hall–Kier alpha value is -0.890. The molecule has 164 valence electrons. The van der Waals surface area contributed by atoms with E-state index in [2.05, 4.69) is 22.5 Å². The van der Waals surface area contributed by atoms with Crippen LogP contribution in [0.2, 0.25) is 0 Å². The summed E-state index contributed by atoms with van der Waals surface area (Å²) in [5.41, 5.74) is 0. The summed E-state index contributed by atoms with van der Waals surface area (Å²) < 4.78 is 22.4. The fourth-order valence-electron chi connectivity index (χ4n) is 3.41. The first-order chi connectivity index (χ1) is 13.9. The monoisotopic (exact) mass is 399 g/mol. The van der Waals surface area contributed by atoms with E-state index in [9.17, 15) is 0 Å². The van der Waals surface area contributed by atoms with E-state index >= 15 is 0 Å². The highest BCUT2D eigenvalue weighted by atomic mass is 16.5. The predicted molar refractivity (Wildman–Crippen MR) is 112 cm³/mol. The standard InChI is InChI=1S/C21H41N3O4/c1-2-22-21(23-9-3-11-27-17-19-5-13-25-14-6-19)24-10-4-12-28-18-20-7-15-26-16-8-20/h19-20H,2-18H2,1H3,(H2,22,23,24). The van der Waals surface area contributed by atoms with Gasteiger partial charge in [-0.15, -0.1) is 0 Å². The Morgan fingerprint density at radius 3 is 2.00 bits per heavy atom. The second-order valence-corrected chi connectivity index (χ2v) is 7.66. The fourth-order valence-corrected chi connectivity index (χ4v) is 3.41. The lowest BCUT2D eigenvalue weighted by Crippen LogP contribution is -2.38. The molecule has 2 saturated heterocycles. The molecule has 2 N–H and O–H groups in total. The van der Waals surface area contributed by atoms with Gasteiger partial charge in [0.05, 0.1) is 0 Å². The molecule has 0 amide bonds. The molecule has 0 aliphatic carbocycles. The largest absolute Gasteiger partial charge is 0.381 e. The van der Waals surface area contributed by atoms with Crippen molar-refractivity contribution >= 4 is 5.96 Å². The molecular formula is C21H41N3O4. The first-order valence-corrected chi connectivity index (χ1v) is 11.2. The summed E-state index contributed by atoms with van der Waals surface area (Å²) in [5.74, 6) is 2.23. The van der Waals surface area contributed by atoms with Gasteiger partial charge in [-0.25, -0.2) is 0 Å². The maximum Gasteiger partial charge on any atom is 0.191 e. The Labute approximate surface area is 170 Å². The molecule has 0 saturated carbocycles. The van der Waals surface area contributed by atoms with Gasteiger partial charge in [0.2, 0.25) is 0 Å². The second kappa shape index (κ2) is 16.0. The summed E-state index contributed by atoms with van der Waals surface area (Å²) in [6, 6.07) is 0. The third-order valence-electron chi connectivity index (χ3n) is 5.21. The Balaban J connectivity index is 1.45. The number of aliphatic imine (C=N–C) groups is 1. The molecule has 7 heteroatoms. The minimum atomic E-state index is 0.671. The fraction of sp³-hybridized carbons (Fsp3) is 0.952. The second-order valence-electron chi connectivity index (χ2n) is 7.66. The molecule has 0 aromatic carbocycles. The smallest absolute Gasteiger partial charge is 0.191 e. The minimum Gasteiger partial charge on any atom is -0.381 e. The Kier molecular flexibility index (Phi) is 13.3. The van der Waals surface area contributed by atoms with Crippen molar-refractivity contribution in [3.63, 3.8) is 0 Å². The normalized spacial score (nSPS) is 19.7. The van der Waals surface area contributed by atoms with Crippen molar-refractivity contribution in [2.45, 2.75) is 45.4 Å². The van der Waals surface area contributed by atoms with Crippen molar-refractivity contribution in [3.05, 3.63) is 0 Å². The first-order valence-electron chi connectivity index (χ1n) is 11.2. The van der Waals surface area contributed by atoms with E-state index in [1.807, 2.05) is 0 Å². The molecular weight excluding hydrogens is 358 g/mol. The molecule has 2 rings (SSSR count). The third-order valence-corrected chi connectivity index (χ3v) is 5.21. The van der Waals surface area contributed by atoms with E-state index in [4.69, 9.17) is 18.9 Å². The van der Waals surface area contributed by atoms with E-state index in [-0.39, 0.29) is 0 Å².